The number of nitrogen functional groups attached to an aromatic ring is 1. The first-order chi connectivity index (χ1) is 8.08. The van der Waals surface area contributed by atoms with Crippen LogP contribution in [0.5, 0.6) is 0 Å². The van der Waals surface area contributed by atoms with Crippen molar-refractivity contribution in [2.24, 2.45) is 5.92 Å². The molecule has 1 aromatic rings. The number of hydrogen-bond donors (Lipinski definition) is 1. The van der Waals surface area contributed by atoms with Gasteiger partial charge in [0, 0.05) is 29.4 Å². The van der Waals surface area contributed by atoms with Gasteiger partial charge in [-0.2, -0.15) is 5.26 Å². The average Bonchev–Trinajstić information content (AvgIpc) is 2.32. The Morgan fingerprint density at radius 2 is 2.24 bits per heavy atom. The maximum absolute atomic E-state index is 8.83. The lowest BCUT2D eigenvalue weighted by Gasteiger charge is -2.22. The molecule has 17 heavy (non-hydrogen) atoms. The Morgan fingerprint density at radius 1 is 1.53 bits per heavy atom. The molecule has 0 aliphatic carbocycles. The van der Waals surface area contributed by atoms with Gasteiger partial charge in [-0.15, -0.1) is 0 Å². The van der Waals surface area contributed by atoms with Gasteiger partial charge in [-0.05, 0) is 25.6 Å². The van der Waals surface area contributed by atoms with Crippen molar-refractivity contribution in [2.45, 2.75) is 20.4 Å². The van der Waals surface area contributed by atoms with Gasteiger partial charge in [0.2, 0.25) is 0 Å². The Morgan fingerprint density at radius 3 is 2.76 bits per heavy atom. The maximum Gasteiger partial charge on any atom is 0.0666 e. The predicted molar refractivity (Wildman–Crippen MR) is 71.6 cm³/mol. The Kier molecular flexibility index (Phi) is 5.27. The minimum absolute atomic E-state index is 0.0127. The molecular weight excluding hydrogens is 234 g/mol. The summed E-state index contributed by atoms with van der Waals surface area (Å²) >= 11 is 6.13. The summed E-state index contributed by atoms with van der Waals surface area (Å²) in [6, 6.07) is 7.77. The smallest absolute Gasteiger partial charge is 0.0666 e. The molecule has 1 rings (SSSR count). The summed E-state index contributed by atoms with van der Waals surface area (Å²) in [5.41, 5.74) is 7.57. The number of halogens is 1. The first kappa shape index (κ1) is 13.8. The highest BCUT2D eigenvalue weighted by Crippen LogP contribution is 2.23. The lowest BCUT2D eigenvalue weighted by atomic mass is 10.1. The Bertz CT molecular complexity index is 391. The largest absolute Gasteiger partial charge is 0.398 e. The molecule has 0 amide bonds. The molecule has 3 nitrogen and oxygen atoms in total. The van der Waals surface area contributed by atoms with Gasteiger partial charge in [0.15, 0.2) is 0 Å². The Hall–Kier alpha value is -1.24. The molecule has 4 heteroatoms. The highest BCUT2D eigenvalue weighted by molar-refractivity contribution is 6.31. The summed E-state index contributed by atoms with van der Waals surface area (Å²) in [6.45, 7) is 6.28. The summed E-state index contributed by atoms with van der Waals surface area (Å²) in [4.78, 5) is 2.17. The summed E-state index contributed by atoms with van der Waals surface area (Å²) < 4.78 is 0. The zero-order valence-corrected chi connectivity index (χ0v) is 11.0. The van der Waals surface area contributed by atoms with E-state index in [4.69, 9.17) is 22.6 Å². The molecule has 0 bridgehead atoms. The predicted octanol–water partition coefficient (Wildman–Crippen LogP) is 2.90. The molecule has 0 aromatic heterocycles. The molecule has 92 valence electrons. The summed E-state index contributed by atoms with van der Waals surface area (Å²) in [6.07, 6.45) is 0. The van der Waals surface area contributed by atoms with Gasteiger partial charge in [-0.3, -0.25) is 4.90 Å². The first-order valence-electron chi connectivity index (χ1n) is 5.73. The molecule has 0 saturated carbocycles. The Labute approximate surface area is 108 Å². The van der Waals surface area contributed by atoms with Crippen molar-refractivity contribution < 1.29 is 0 Å². The van der Waals surface area contributed by atoms with Crippen molar-refractivity contribution in [1.29, 1.82) is 5.26 Å². The topological polar surface area (TPSA) is 53.0 Å². The van der Waals surface area contributed by atoms with Crippen LogP contribution in [0.1, 0.15) is 19.4 Å². The van der Waals surface area contributed by atoms with Crippen LogP contribution in [0, 0.1) is 17.2 Å². The molecule has 0 saturated heterocycles. The number of nitrogens with zero attached hydrogens (tertiary/aromatic N) is 2. The van der Waals surface area contributed by atoms with Crippen LogP contribution in [0.15, 0.2) is 18.2 Å². The molecule has 0 radical (unpaired) electrons. The van der Waals surface area contributed by atoms with Crippen LogP contribution in [0.2, 0.25) is 5.02 Å². The number of hydrogen-bond acceptors (Lipinski definition) is 3. The fourth-order valence-corrected chi connectivity index (χ4v) is 1.94. The molecule has 0 aliphatic rings. The highest BCUT2D eigenvalue weighted by atomic mass is 35.5. The number of benzene rings is 1. The van der Waals surface area contributed by atoms with E-state index < -0.39 is 0 Å². The molecule has 1 unspecified atom stereocenters. The third-order valence-corrected chi connectivity index (χ3v) is 3.09. The van der Waals surface area contributed by atoms with Crippen LogP contribution < -0.4 is 5.73 Å². The third kappa shape index (κ3) is 3.92. The van der Waals surface area contributed by atoms with Gasteiger partial charge in [0.05, 0.1) is 12.0 Å². The van der Waals surface area contributed by atoms with Crippen molar-refractivity contribution in [2.75, 3.05) is 18.8 Å². The number of nitrogens with two attached hydrogens (primary N) is 1. The van der Waals surface area contributed by atoms with E-state index >= 15 is 0 Å². The van der Waals surface area contributed by atoms with Gasteiger partial charge in [-0.25, -0.2) is 0 Å². The second-order valence-electron chi connectivity index (χ2n) is 4.17. The molecule has 0 fully saturated rings. The second-order valence-corrected chi connectivity index (χ2v) is 4.57. The van der Waals surface area contributed by atoms with E-state index in [1.54, 1.807) is 0 Å². The van der Waals surface area contributed by atoms with Crippen molar-refractivity contribution in [3.8, 4) is 6.07 Å². The van der Waals surface area contributed by atoms with Gasteiger partial charge in [0.1, 0.15) is 0 Å². The van der Waals surface area contributed by atoms with Crippen LogP contribution in [0.3, 0.4) is 0 Å². The fourth-order valence-electron chi connectivity index (χ4n) is 1.70. The second kappa shape index (κ2) is 6.48. The molecule has 0 aliphatic heterocycles. The molecular formula is C13H18ClN3. The SMILES string of the molecule is CCN(Cc1c(N)cccc1Cl)CC(C)C#N. The molecule has 1 aromatic carbocycles. The lowest BCUT2D eigenvalue weighted by Crippen LogP contribution is -2.28. The van der Waals surface area contributed by atoms with E-state index in [2.05, 4.69) is 17.9 Å². The van der Waals surface area contributed by atoms with E-state index in [1.807, 2.05) is 25.1 Å². The maximum atomic E-state index is 8.83. The van der Waals surface area contributed by atoms with E-state index in [1.165, 1.54) is 0 Å². The fraction of sp³-hybridized carbons (Fsp3) is 0.462. The Balaban J connectivity index is 2.78. The summed E-state index contributed by atoms with van der Waals surface area (Å²) in [7, 11) is 0. The number of rotatable bonds is 5. The highest BCUT2D eigenvalue weighted by Gasteiger charge is 2.12. The van der Waals surface area contributed by atoms with Gasteiger partial charge < -0.3 is 5.73 Å². The average molecular weight is 252 g/mol. The van der Waals surface area contributed by atoms with Gasteiger partial charge >= 0.3 is 0 Å². The monoisotopic (exact) mass is 251 g/mol. The van der Waals surface area contributed by atoms with Crippen molar-refractivity contribution in [3.05, 3.63) is 28.8 Å². The van der Waals surface area contributed by atoms with E-state index in [9.17, 15) is 0 Å². The molecule has 1 atom stereocenters. The van der Waals surface area contributed by atoms with Crippen LogP contribution in [0.25, 0.3) is 0 Å². The first-order valence-corrected chi connectivity index (χ1v) is 6.11. The van der Waals surface area contributed by atoms with Crippen molar-refractivity contribution in [1.82, 2.24) is 4.90 Å². The number of anilines is 1. The van der Waals surface area contributed by atoms with Crippen LogP contribution in [-0.2, 0) is 6.54 Å². The minimum Gasteiger partial charge on any atom is -0.398 e. The zero-order valence-electron chi connectivity index (χ0n) is 10.3. The number of nitriles is 1. The van der Waals surface area contributed by atoms with Crippen LogP contribution in [-0.4, -0.2) is 18.0 Å². The van der Waals surface area contributed by atoms with E-state index in [0.717, 1.165) is 18.7 Å². The molecule has 0 spiro atoms. The summed E-state index contributed by atoms with van der Waals surface area (Å²) in [5, 5.41) is 9.52. The third-order valence-electron chi connectivity index (χ3n) is 2.74. The zero-order chi connectivity index (χ0) is 12.8. The lowest BCUT2D eigenvalue weighted by molar-refractivity contribution is 0.261. The van der Waals surface area contributed by atoms with E-state index in [0.29, 0.717) is 17.3 Å². The standard InChI is InChI=1S/C13H18ClN3/c1-3-17(8-10(2)7-15)9-11-12(14)5-4-6-13(11)16/h4-6,10H,3,8-9,16H2,1-2H3. The van der Waals surface area contributed by atoms with Crippen LogP contribution in [0.4, 0.5) is 5.69 Å². The van der Waals surface area contributed by atoms with Gasteiger partial charge in [-0.1, -0.05) is 24.6 Å². The van der Waals surface area contributed by atoms with Gasteiger partial charge in [0.25, 0.3) is 0 Å². The normalized spacial score (nSPS) is 12.4. The van der Waals surface area contributed by atoms with Crippen molar-refractivity contribution >= 4 is 17.3 Å². The quantitative estimate of drug-likeness (QED) is 0.819. The summed E-state index contributed by atoms with van der Waals surface area (Å²) in [5.74, 6) is 0.0127. The minimum atomic E-state index is 0.0127. The van der Waals surface area contributed by atoms with Crippen molar-refractivity contribution in [3.63, 3.8) is 0 Å². The van der Waals surface area contributed by atoms with Crippen LogP contribution >= 0.6 is 11.6 Å². The molecule has 2 N–H and O–H groups in total. The molecule has 0 heterocycles. The van der Waals surface area contributed by atoms with E-state index in [-0.39, 0.29) is 5.92 Å².